The molecule has 2 rings (SSSR count). The molecular weight excluding hydrogens is 306 g/mol. The lowest BCUT2D eigenvalue weighted by molar-refractivity contribution is -0.0439. The minimum Gasteiger partial charge on any atom is -0.394 e. The highest BCUT2D eigenvalue weighted by atomic mass is 32.2. The van der Waals surface area contributed by atoms with Crippen LogP contribution in [0.25, 0.3) is 0 Å². The summed E-state index contributed by atoms with van der Waals surface area (Å²) < 4.78 is 32.8. The molecule has 0 aromatic heterocycles. The largest absolute Gasteiger partial charge is 0.394 e. The highest BCUT2D eigenvalue weighted by Gasteiger charge is 2.54. The molecule has 0 unspecified atom stereocenters. The minimum absolute atomic E-state index is 0.138. The van der Waals surface area contributed by atoms with Crippen LogP contribution < -0.4 is 0 Å². The molecule has 0 aliphatic carbocycles. The number of aliphatic hydroxyl groups is 2. The van der Waals surface area contributed by atoms with Gasteiger partial charge in [0.1, 0.15) is 5.72 Å². The van der Waals surface area contributed by atoms with Crippen molar-refractivity contribution in [2.24, 2.45) is 0 Å². The summed E-state index contributed by atoms with van der Waals surface area (Å²) in [5.41, 5.74) is -0.152. The van der Waals surface area contributed by atoms with Crippen LogP contribution in [0.1, 0.15) is 26.3 Å². The third-order valence-corrected chi connectivity index (χ3v) is 5.98. The summed E-state index contributed by atoms with van der Waals surface area (Å²) in [7, 11) is -3.86. The van der Waals surface area contributed by atoms with Gasteiger partial charge < -0.3 is 14.9 Å². The molecule has 0 spiro atoms. The Morgan fingerprint density at radius 2 is 1.86 bits per heavy atom. The van der Waals surface area contributed by atoms with Gasteiger partial charge in [-0.15, -0.1) is 0 Å². The van der Waals surface area contributed by atoms with E-state index in [2.05, 4.69) is 0 Å². The van der Waals surface area contributed by atoms with Crippen LogP contribution in [0.5, 0.6) is 0 Å². The molecule has 0 amide bonds. The van der Waals surface area contributed by atoms with Gasteiger partial charge in [-0.05, 0) is 39.8 Å². The monoisotopic (exact) mass is 329 g/mol. The van der Waals surface area contributed by atoms with E-state index in [1.165, 1.54) is 12.1 Å². The Morgan fingerprint density at radius 3 is 2.36 bits per heavy atom. The van der Waals surface area contributed by atoms with Gasteiger partial charge in [0.25, 0.3) is 0 Å². The quantitative estimate of drug-likeness (QED) is 0.856. The number of ether oxygens (including phenoxy) is 1. The second kappa shape index (κ2) is 5.90. The number of rotatable bonds is 4. The second-order valence-electron chi connectivity index (χ2n) is 6.12. The third-order valence-electron chi connectivity index (χ3n) is 3.92. The van der Waals surface area contributed by atoms with Gasteiger partial charge in [-0.1, -0.05) is 17.7 Å². The standard InChI is InChI=1S/C15H23NO5S/c1-10-5-7-12(8-6-10)22(19,20)16-14(13(18)9-17)11(2)21-15(16,3)4/h5-8,11,13-14,17-18H,9H2,1-4H3/t11-,13-,14-/m1/s1. The molecule has 6 nitrogen and oxygen atoms in total. The number of sulfonamides is 1. The summed E-state index contributed by atoms with van der Waals surface area (Å²) in [4.78, 5) is 0.138. The zero-order chi connectivity index (χ0) is 16.7. The van der Waals surface area contributed by atoms with Gasteiger partial charge in [-0.2, -0.15) is 4.31 Å². The van der Waals surface area contributed by atoms with Crippen LogP contribution in [0.15, 0.2) is 29.2 Å². The molecule has 3 atom stereocenters. The van der Waals surface area contributed by atoms with Crippen molar-refractivity contribution < 1.29 is 23.4 Å². The Balaban J connectivity index is 2.52. The highest BCUT2D eigenvalue weighted by Crippen LogP contribution is 2.38. The van der Waals surface area contributed by atoms with Crippen LogP contribution in [0.2, 0.25) is 0 Å². The normalized spacial score (nSPS) is 27.0. The van der Waals surface area contributed by atoms with Gasteiger partial charge in [-0.25, -0.2) is 8.42 Å². The van der Waals surface area contributed by atoms with Gasteiger partial charge >= 0.3 is 0 Å². The molecule has 0 saturated carbocycles. The molecule has 1 aromatic carbocycles. The molecule has 1 heterocycles. The van der Waals surface area contributed by atoms with E-state index in [1.807, 2.05) is 6.92 Å². The van der Waals surface area contributed by atoms with Crippen LogP contribution in [0, 0.1) is 6.92 Å². The fraction of sp³-hybridized carbons (Fsp3) is 0.600. The number of nitrogens with zero attached hydrogens (tertiary/aromatic N) is 1. The Hall–Kier alpha value is -0.990. The summed E-state index contributed by atoms with van der Waals surface area (Å²) >= 11 is 0. The summed E-state index contributed by atoms with van der Waals surface area (Å²) in [5.74, 6) is 0. The SMILES string of the molecule is Cc1ccc(S(=O)(=O)N2[C@@H]([C@H](O)CO)[C@@H](C)OC2(C)C)cc1. The molecule has 1 aliphatic rings. The first kappa shape index (κ1) is 17.4. The van der Waals surface area contributed by atoms with Gasteiger partial charge in [0.15, 0.2) is 0 Å². The van der Waals surface area contributed by atoms with Gasteiger partial charge in [0.05, 0.1) is 29.8 Å². The predicted octanol–water partition coefficient (Wildman–Crippen LogP) is 0.862. The van der Waals surface area contributed by atoms with Crippen molar-refractivity contribution in [3.8, 4) is 0 Å². The zero-order valence-electron chi connectivity index (χ0n) is 13.2. The lowest BCUT2D eigenvalue weighted by Crippen LogP contribution is -2.53. The molecule has 1 aliphatic heterocycles. The van der Waals surface area contributed by atoms with Crippen molar-refractivity contribution in [2.75, 3.05) is 6.61 Å². The van der Waals surface area contributed by atoms with E-state index in [-0.39, 0.29) is 4.90 Å². The Morgan fingerprint density at radius 1 is 1.32 bits per heavy atom. The molecular formula is C15H23NO5S. The number of benzene rings is 1. The molecule has 22 heavy (non-hydrogen) atoms. The molecule has 1 aromatic rings. The van der Waals surface area contributed by atoms with Gasteiger partial charge in [0.2, 0.25) is 10.0 Å². The van der Waals surface area contributed by atoms with E-state index in [4.69, 9.17) is 4.74 Å². The maximum atomic E-state index is 13.0. The third kappa shape index (κ3) is 2.91. The lowest BCUT2D eigenvalue weighted by Gasteiger charge is -2.34. The maximum Gasteiger partial charge on any atom is 0.245 e. The summed E-state index contributed by atoms with van der Waals surface area (Å²) in [5, 5.41) is 19.3. The maximum absolute atomic E-state index is 13.0. The van der Waals surface area contributed by atoms with Crippen LogP contribution in [-0.2, 0) is 14.8 Å². The van der Waals surface area contributed by atoms with Gasteiger partial charge in [-0.3, -0.25) is 0 Å². The molecule has 1 saturated heterocycles. The first-order valence-corrected chi connectivity index (χ1v) is 8.63. The van der Waals surface area contributed by atoms with Crippen molar-refractivity contribution in [3.63, 3.8) is 0 Å². The molecule has 7 heteroatoms. The van der Waals surface area contributed by atoms with Crippen molar-refractivity contribution in [2.45, 2.75) is 56.6 Å². The first-order valence-electron chi connectivity index (χ1n) is 7.19. The molecule has 124 valence electrons. The average Bonchev–Trinajstić information content (AvgIpc) is 2.68. The van der Waals surface area contributed by atoms with Crippen LogP contribution in [0.3, 0.4) is 0 Å². The van der Waals surface area contributed by atoms with E-state index in [0.29, 0.717) is 0 Å². The Labute approximate surface area is 131 Å². The Bertz CT molecular complexity index is 626. The van der Waals surface area contributed by atoms with E-state index in [0.717, 1.165) is 9.87 Å². The van der Waals surface area contributed by atoms with E-state index in [1.54, 1.807) is 32.9 Å². The predicted molar refractivity (Wildman–Crippen MR) is 81.7 cm³/mol. The van der Waals surface area contributed by atoms with E-state index >= 15 is 0 Å². The van der Waals surface area contributed by atoms with Crippen molar-refractivity contribution in [1.82, 2.24) is 4.31 Å². The number of aliphatic hydroxyl groups excluding tert-OH is 2. The van der Waals surface area contributed by atoms with Crippen molar-refractivity contribution in [3.05, 3.63) is 29.8 Å². The topological polar surface area (TPSA) is 87.1 Å². The summed E-state index contributed by atoms with van der Waals surface area (Å²) in [6.45, 7) is 6.31. The van der Waals surface area contributed by atoms with Crippen LogP contribution >= 0.6 is 0 Å². The van der Waals surface area contributed by atoms with Gasteiger partial charge in [0, 0.05) is 0 Å². The fourth-order valence-electron chi connectivity index (χ4n) is 2.98. The van der Waals surface area contributed by atoms with Crippen LogP contribution in [0.4, 0.5) is 0 Å². The smallest absolute Gasteiger partial charge is 0.245 e. The van der Waals surface area contributed by atoms with E-state index < -0.39 is 40.6 Å². The lowest BCUT2D eigenvalue weighted by atomic mass is 10.1. The highest BCUT2D eigenvalue weighted by molar-refractivity contribution is 7.89. The zero-order valence-corrected chi connectivity index (χ0v) is 14.0. The number of aryl methyl sites for hydroxylation is 1. The second-order valence-corrected chi connectivity index (χ2v) is 7.94. The van der Waals surface area contributed by atoms with Crippen molar-refractivity contribution in [1.29, 1.82) is 0 Å². The molecule has 2 N–H and O–H groups in total. The minimum atomic E-state index is -3.86. The fourth-order valence-corrected chi connectivity index (χ4v) is 4.94. The number of hydrogen-bond donors (Lipinski definition) is 2. The first-order chi connectivity index (χ1) is 10.1. The number of hydrogen-bond acceptors (Lipinski definition) is 5. The molecule has 0 radical (unpaired) electrons. The van der Waals surface area contributed by atoms with E-state index in [9.17, 15) is 18.6 Å². The average molecular weight is 329 g/mol. The van der Waals surface area contributed by atoms with Crippen LogP contribution in [-0.4, -0.2) is 53.5 Å². The summed E-state index contributed by atoms with van der Waals surface area (Å²) in [6, 6.07) is 5.67. The Kier molecular flexibility index (Phi) is 4.66. The molecule has 1 fully saturated rings. The summed E-state index contributed by atoms with van der Waals surface area (Å²) in [6.07, 6.45) is -1.74. The molecule has 0 bridgehead atoms. The van der Waals surface area contributed by atoms with Crippen molar-refractivity contribution >= 4 is 10.0 Å².